The van der Waals surface area contributed by atoms with Gasteiger partial charge < -0.3 is 20.8 Å². The lowest BCUT2D eigenvalue weighted by Gasteiger charge is -2.22. The van der Waals surface area contributed by atoms with Crippen molar-refractivity contribution in [2.45, 2.75) is 25.3 Å². The molecule has 1 heterocycles. The molecule has 0 radical (unpaired) electrons. The number of hydrazine groups is 1. The van der Waals surface area contributed by atoms with Gasteiger partial charge in [-0.3, -0.25) is 9.59 Å². The molecule has 4 aromatic rings. The largest absolute Gasteiger partial charge is 0.467 e. The number of amides is 2. The topological polar surface area (TPSA) is 135 Å². The lowest BCUT2D eigenvalue weighted by molar-refractivity contribution is -0.143. The molecular weight excluding hydrogens is 549 g/mol. The molecule has 216 valence electrons. The number of anilines is 1. The number of rotatable bonds is 13. The summed E-state index contributed by atoms with van der Waals surface area (Å²) >= 11 is 0. The molecule has 1 atom stereocenters. The normalized spacial score (nSPS) is 11.4. The molecule has 0 aliphatic heterocycles. The number of methoxy groups -OCH3 is 1. The first-order chi connectivity index (χ1) is 20.5. The lowest BCUT2D eigenvalue weighted by atomic mass is 10.1. The van der Waals surface area contributed by atoms with E-state index < -0.39 is 25.8 Å². The highest BCUT2D eigenvalue weighted by Gasteiger charge is 2.23. The van der Waals surface area contributed by atoms with E-state index in [-0.39, 0.29) is 5.91 Å². The summed E-state index contributed by atoms with van der Waals surface area (Å²) in [5.41, 5.74) is 3.33. The predicted octanol–water partition coefficient (Wildman–Crippen LogP) is 3.00. The number of hydrogen-bond acceptors (Lipinski definition) is 7. The van der Waals surface area contributed by atoms with Gasteiger partial charge in [-0.2, -0.15) is 0 Å². The average Bonchev–Trinajstić information content (AvgIpc) is 3.05. The van der Waals surface area contributed by atoms with Gasteiger partial charge in [0.25, 0.3) is 11.8 Å². The van der Waals surface area contributed by atoms with Crippen LogP contribution in [0.3, 0.4) is 0 Å². The number of hydrogen-bond donors (Lipinski definition) is 4. The maximum Gasteiger partial charge on any atom is 0.328 e. The molecule has 0 saturated carbocycles. The highest BCUT2D eigenvalue weighted by Crippen LogP contribution is 2.34. The van der Waals surface area contributed by atoms with E-state index in [2.05, 4.69) is 45.3 Å². The third-order valence-corrected chi connectivity index (χ3v) is 9.09. The van der Waals surface area contributed by atoms with Gasteiger partial charge in [-0.25, -0.2) is 15.6 Å². The van der Waals surface area contributed by atoms with Crippen LogP contribution in [0, 0.1) is 0 Å². The lowest BCUT2D eigenvalue weighted by Crippen LogP contribution is -2.41. The van der Waals surface area contributed by atoms with Gasteiger partial charge in [0.1, 0.15) is 11.9 Å². The Morgan fingerprint density at radius 1 is 0.833 bits per heavy atom. The minimum absolute atomic E-state index is 0.148. The number of pyridine rings is 1. The van der Waals surface area contributed by atoms with Crippen molar-refractivity contribution in [3.8, 4) is 0 Å². The van der Waals surface area contributed by atoms with Crippen LogP contribution in [0.15, 0.2) is 103 Å². The van der Waals surface area contributed by atoms with Gasteiger partial charge in [0, 0.05) is 18.3 Å². The number of nitrogens with one attached hydrogen (secondary N) is 3. The Balaban J connectivity index is 1.37. The second kappa shape index (κ2) is 15.4. The number of ether oxygens (including phenoxy) is 1. The van der Waals surface area contributed by atoms with Crippen molar-refractivity contribution in [1.82, 2.24) is 15.6 Å². The molecule has 0 aliphatic rings. The molecule has 10 heteroatoms. The van der Waals surface area contributed by atoms with Crippen molar-refractivity contribution >= 4 is 47.4 Å². The zero-order valence-corrected chi connectivity index (χ0v) is 24.2. The molecule has 3 aromatic carbocycles. The number of nitrogens with two attached hydrogens (primary N) is 1. The average molecular weight is 584 g/mol. The van der Waals surface area contributed by atoms with E-state index in [9.17, 15) is 14.4 Å². The molecule has 0 spiro atoms. The molecule has 5 N–H and O–H groups in total. The van der Waals surface area contributed by atoms with Crippen LogP contribution in [0.4, 0.5) is 5.82 Å². The smallest absolute Gasteiger partial charge is 0.328 e. The number of carbonyl (C=O) groups is 3. The first-order valence-corrected chi connectivity index (χ1v) is 14.9. The van der Waals surface area contributed by atoms with E-state index in [0.717, 1.165) is 15.9 Å². The number of nitrogens with zero attached hydrogens (tertiary/aromatic N) is 1. The molecule has 2 amide bonds. The number of aromatic nitrogens is 1. The molecule has 1 unspecified atom stereocenters. The number of unbranched alkanes of at least 4 members (excludes halogenated alkanes) is 1. The summed E-state index contributed by atoms with van der Waals surface area (Å²) in [5, 5.41) is 9.06. The Kier molecular flexibility index (Phi) is 11.2. The van der Waals surface area contributed by atoms with Gasteiger partial charge in [-0.1, -0.05) is 78.9 Å². The summed E-state index contributed by atoms with van der Waals surface area (Å²) in [5.74, 6) is 4.60. The van der Waals surface area contributed by atoms with Crippen molar-refractivity contribution in [3.05, 3.63) is 114 Å². The van der Waals surface area contributed by atoms with E-state index in [4.69, 9.17) is 10.6 Å². The van der Waals surface area contributed by atoms with Crippen molar-refractivity contribution in [1.29, 1.82) is 0 Å². The molecule has 0 fully saturated rings. The molecule has 0 aliphatic carbocycles. The number of nitrogen functional groups attached to an aromatic ring is 1. The van der Waals surface area contributed by atoms with Crippen molar-refractivity contribution in [3.63, 3.8) is 0 Å². The molecule has 9 nitrogen and oxygen atoms in total. The van der Waals surface area contributed by atoms with Gasteiger partial charge in [0.2, 0.25) is 0 Å². The van der Waals surface area contributed by atoms with Crippen molar-refractivity contribution in [2.24, 2.45) is 5.84 Å². The summed E-state index contributed by atoms with van der Waals surface area (Å²) in [6.07, 6.45) is 2.92. The van der Waals surface area contributed by atoms with Gasteiger partial charge in [0.05, 0.1) is 12.7 Å². The van der Waals surface area contributed by atoms with Crippen LogP contribution in [-0.4, -0.2) is 42.5 Å². The Bertz CT molecular complexity index is 1430. The van der Waals surface area contributed by atoms with Crippen LogP contribution in [0.25, 0.3) is 0 Å². The fraction of sp³-hybridized carbons (Fsp3) is 0.188. The third kappa shape index (κ3) is 8.00. The number of benzene rings is 3. The SMILES string of the molecule is COC(=O)C(CCCCNC(=O)c1ccccc1P(c1ccccc1)c1ccccc1)NC(=O)c1ccc(NN)nc1. The summed E-state index contributed by atoms with van der Waals surface area (Å²) in [6, 6.07) is 30.5. The van der Waals surface area contributed by atoms with Gasteiger partial charge in [-0.05, 0) is 61.3 Å². The number of esters is 1. The first kappa shape index (κ1) is 30.4. The molecule has 0 bridgehead atoms. The van der Waals surface area contributed by atoms with E-state index in [1.165, 1.54) is 13.3 Å². The Morgan fingerprint density at radius 2 is 1.48 bits per heavy atom. The summed E-state index contributed by atoms with van der Waals surface area (Å²) in [7, 11) is 0.344. The molecule has 4 rings (SSSR count). The van der Waals surface area contributed by atoms with Crippen molar-refractivity contribution < 1.29 is 19.1 Å². The maximum atomic E-state index is 13.4. The zero-order valence-electron chi connectivity index (χ0n) is 23.3. The summed E-state index contributed by atoms with van der Waals surface area (Å²) < 4.78 is 4.88. The van der Waals surface area contributed by atoms with Gasteiger partial charge in [-0.15, -0.1) is 0 Å². The minimum Gasteiger partial charge on any atom is -0.467 e. The maximum absolute atomic E-state index is 13.4. The van der Waals surface area contributed by atoms with E-state index >= 15 is 0 Å². The molecule has 1 aromatic heterocycles. The minimum atomic E-state index is -0.936. The summed E-state index contributed by atoms with van der Waals surface area (Å²) in [6.45, 7) is 0.418. The quantitative estimate of drug-likeness (QED) is 0.0625. The van der Waals surface area contributed by atoms with E-state index in [0.29, 0.717) is 42.8 Å². The van der Waals surface area contributed by atoms with Crippen LogP contribution in [-0.2, 0) is 9.53 Å². The van der Waals surface area contributed by atoms with Crippen LogP contribution in [0.1, 0.15) is 40.0 Å². The highest BCUT2D eigenvalue weighted by molar-refractivity contribution is 7.80. The Morgan fingerprint density at radius 3 is 2.07 bits per heavy atom. The van der Waals surface area contributed by atoms with Crippen LogP contribution >= 0.6 is 7.92 Å². The van der Waals surface area contributed by atoms with Gasteiger partial charge in [0.15, 0.2) is 0 Å². The summed E-state index contributed by atoms with van der Waals surface area (Å²) in [4.78, 5) is 42.4. The van der Waals surface area contributed by atoms with Crippen LogP contribution in [0.5, 0.6) is 0 Å². The fourth-order valence-corrected chi connectivity index (χ4v) is 6.91. The van der Waals surface area contributed by atoms with Gasteiger partial charge >= 0.3 is 5.97 Å². The number of carbonyl (C=O) groups excluding carboxylic acids is 3. The predicted molar refractivity (Wildman–Crippen MR) is 167 cm³/mol. The molecule has 42 heavy (non-hydrogen) atoms. The first-order valence-electron chi connectivity index (χ1n) is 13.6. The standard InChI is InChI=1S/C32H34N5O4P/c1-41-32(40)27(36-30(38)23-19-20-29(37-33)35-22-23)17-10-11-21-34-31(39)26-16-8-9-18-28(26)42(24-12-4-2-5-13-24)25-14-6-3-7-15-25/h2-9,12-16,18-20,22,27H,10-11,17,21,33H2,1H3,(H,34,39)(H,35,37)(H,36,38). The van der Waals surface area contributed by atoms with E-state index in [1.807, 2.05) is 60.7 Å². The fourth-order valence-electron chi connectivity index (χ4n) is 4.46. The Hall–Kier alpha value is -4.59. The third-order valence-electron chi connectivity index (χ3n) is 6.59. The second-order valence-corrected chi connectivity index (χ2v) is 11.6. The zero-order chi connectivity index (χ0) is 29.7. The Labute approximate surface area is 246 Å². The second-order valence-electron chi connectivity index (χ2n) is 9.40. The van der Waals surface area contributed by atoms with Crippen molar-refractivity contribution in [2.75, 3.05) is 19.1 Å². The monoisotopic (exact) mass is 583 g/mol. The molecule has 0 saturated heterocycles. The van der Waals surface area contributed by atoms with E-state index in [1.54, 1.807) is 12.1 Å². The van der Waals surface area contributed by atoms with Crippen LogP contribution in [0.2, 0.25) is 0 Å². The van der Waals surface area contributed by atoms with Crippen LogP contribution < -0.4 is 37.8 Å². The molecular formula is C32H34N5O4P. The highest BCUT2D eigenvalue weighted by atomic mass is 31.1.